The molecule has 4 heteroatoms. The Balaban J connectivity index is 1.77. The first-order valence-corrected chi connectivity index (χ1v) is 8.03. The van der Waals surface area contributed by atoms with Gasteiger partial charge in [0.25, 0.3) is 5.56 Å². The second-order valence-corrected chi connectivity index (χ2v) is 6.20. The maximum Gasteiger partial charge on any atom is 0.256 e. The smallest absolute Gasteiger partial charge is 0.256 e. The molecule has 1 aromatic carbocycles. The summed E-state index contributed by atoms with van der Waals surface area (Å²) >= 11 is 0. The fourth-order valence-electron chi connectivity index (χ4n) is 3.46. The van der Waals surface area contributed by atoms with E-state index in [0.29, 0.717) is 6.04 Å². The van der Waals surface area contributed by atoms with Gasteiger partial charge in [0, 0.05) is 37.2 Å². The van der Waals surface area contributed by atoms with Gasteiger partial charge in [0.05, 0.1) is 6.61 Å². The van der Waals surface area contributed by atoms with Crippen molar-refractivity contribution in [3.05, 3.63) is 45.9 Å². The molecule has 0 saturated carbocycles. The number of hydrogen-bond acceptors (Lipinski definition) is 3. The fourth-order valence-corrected chi connectivity index (χ4v) is 3.46. The van der Waals surface area contributed by atoms with Gasteiger partial charge >= 0.3 is 0 Å². The summed E-state index contributed by atoms with van der Waals surface area (Å²) in [4.78, 5) is 17.7. The molecule has 2 heterocycles. The van der Waals surface area contributed by atoms with Crippen molar-refractivity contribution in [1.29, 1.82) is 0 Å². The number of likely N-dealkylation sites (tertiary alicyclic amines) is 1. The van der Waals surface area contributed by atoms with Crippen molar-refractivity contribution in [3.63, 3.8) is 0 Å². The average Bonchev–Trinajstić information content (AvgIpc) is 2.94. The number of nitrogens with zero attached hydrogens (tertiary/aromatic N) is 1. The van der Waals surface area contributed by atoms with E-state index in [2.05, 4.69) is 28.9 Å². The van der Waals surface area contributed by atoms with E-state index in [-0.39, 0.29) is 5.56 Å². The van der Waals surface area contributed by atoms with E-state index in [4.69, 9.17) is 4.74 Å². The number of H-pyrrole nitrogens is 1. The van der Waals surface area contributed by atoms with E-state index in [1.807, 2.05) is 12.1 Å². The van der Waals surface area contributed by atoms with E-state index in [1.54, 1.807) is 7.11 Å². The first-order chi connectivity index (χ1) is 10.7. The largest absolute Gasteiger partial charge is 0.383 e. The summed E-state index contributed by atoms with van der Waals surface area (Å²) in [6.45, 7) is 4.96. The molecule has 22 heavy (non-hydrogen) atoms. The zero-order valence-electron chi connectivity index (χ0n) is 13.4. The minimum atomic E-state index is 0.0195. The fraction of sp³-hybridized carbons (Fsp3) is 0.500. The molecule has 1 aliphatic rings. The lowest BCUT2D eigenvalue weighted by molar-refractivity contribution is 0.116. The Morgan fingerprint density at radius 1 is 1.36 bits per heavy atom. The lowest BCUT2D eigenvalue weighted by Crippen LogP contribution is -2.34. The molecule has 0 aliphatic carbocycles. The molecular weight excluding hydrogens is 276 g/mol. The Labute approximate surface area is 131 Å². The number of benzene rings is 1. The van der Waals surface area contributed by atoms with Crippen LogP contribution in [0.1, 0.15) is 24.1 Å². The Morgan fingerprint density at radius 2 is 2.23 bits per heavy atom. The number of pyridine rings is 1. The summed E-state index contributed by atoms with van der Waals surface area (Å²) in [5.41, 5.74) is 2.20. The number of rotatable bonds is 5. The predicted molar refractivity (Wildman–Crippen MR) is 89.5 cm³/mol. The van der Waals surface area contributed by atoms with Crippen LogP contribution in [0, 0.1) is 6.92 Å². The molecule has 1 saturated heterocycles. The highest BCUT2D eigenvalue weighted by atomic mass is 16.5. The van der Waals surface area contributed by atoms with Gasteiger partial charge in [-0.1, -0.05) is 12.1 Å². The molecule has 2 aromatic rings. The minimum Gasteiger partial charge on any atom is -0.383 e. The molecule has 3 rings (SSSR count). The Morgan fingerprint density at radius 3 is 3.05 bits per heavy atom. The molecule has 0 amide bonds. The topological polar surface area (TPSA) is 45.3 Å². The van der Waals surface area contributed by atoms with E-state index < -0.39 is 0 Å². The summed E-state index contributed by atoms with van der Waals surface area (Å²) in [6, 6.07) is 8.54. The van der Waals surface area contributed by atoms with Crippen molar-refractivity contribution in [2.45, 2.75) is 32.2 Å². The number of aromatic nitrogens is 1. The van der Waals surface area contributed by atoms with Gasteiger partial charge in [-0.3, -0.25) is 9.69 Å². The van der Waals surface area contributed by atoms with Gasteiger partial charge in [-0.05, 0) is 49.4 Å². The summed E-state index contributed by atoms with van der Waals surface area (Å²) in [5, 5.41) is 1.85. The monoisotopic (exact) mass is 300 g/mol. The number of ether oxygens (including phenoxy) is 1. The second kappa shape index (κ2) is 6.63. The van der Waals surface area contributed by atoms with E-state index >= 15 is 0 Å². The zero-order valence-corrected chi connectivity index (χ0v) is 13.4. The predicted octanol–water partition coefficient (Wildman–Crippen LogP) is 2.49. The van der Waals surface area contributed by atoms with Gasteiger partial charge in [-0.15, -0.1) is 0 Å². The van der Waals surface area contributed by atoms with Crippen LogP contribution in [0.25, 0.3) is 10.8 Å². The molecule has 0 bridgehead atoms. The van der Waals surface area contributed by atoms with Crippen molar-refractivity contribution < 1.29 is 4.74 Å². The van der Waals surface area contributed by atoms with Crippen LogP contribution in [0.5, 0.6) is 0 Å². The maximum absolute atomic E-state index is 12.2. The lowest BCUT2D eigenvalue weighted by atomic mass is 10.1. The van der Waals surface area contributed by atoms with Gasteiger partial charge < -0.3 is 9.72 Å². The highest BCUT2D eigenvalue weighted by molar-refractivity contribution is 5.84. The summed E-state index contributed by atoms with van der Waals surface area (Å²) in [7, 11) is 1.76. The first-order valence-electron chi connectivity index (χ1n) is 8.03. The van der Waals surface area contributed by atoms with Gasteiger partial charge in [-0.2, -0.15) is 0 Å². The van der Waals surface area contributed by atoms with Crippen LogP contribution in [0.2, 0.25) is 0 Å². The summed E-state index contributed by atoms with van der Waals surface area (Å²) < 4.78 is 5.30. The Hall–Kier alpha value is -1.65. The quantitative estimate of drug-likeness (QED) is 0.923. The molecule has 1 N–H and O–H groups in total. The van der Waals surface area contributed by atoms with Crippen LogP contribution in [0.3, 0.4) is 0 Å². The van der Waals surface area contributed by atoms with Crippen LogP contribution in [-0.2, 0) is 11.2 Å². The molecule has 0 unspecified atom stereocenters. The average molecular weight is 300 g/mol. The number of aromatic amines is 1. The molecular formula is C18H24N2O2. The third kappa shape index (κ3) is 3.08. The standard InChI is InChI=1S/C18H24N2O2/c1-13-5-3-7-16-17(13)11-14(19-18(16)21)8-10-20-9-4-6-15(20)12-22-2/h3,5,7,11,15H,4,6,8-10,12H2,1-2H3,(H,19,21)/t15-/m1/s1. The molecule has 0 radical (unpaired) electrons. The second-order valence-electron chi connectivity index (χ2n) is 6.20. The third-order valence-electron chi connectivity index (χ3n) is 4.69. The van der Waals surface area contributed by atoms with Crippen molar-refractivity contribution in [1.82, 2.24) is 9.88 Å². The van der Waals surface area contributed by atoms with E-state index in [1.165, 1.54) is 12.8 Å². The van der Waals surface area contributed by atoms with Crippen molar-refractivity contribution in [2.24, 2.45) is 0 Å². The first kappa shape index (κ1) is 15.3. The third-order valence-corrected chi connectivity index (χ3v) is 4.69. The van der Waals surface area contributed by atoms with Crippen LogP contribution in [0.4, 0.5) is 0 Å². The number of aryl methyl sites for hydroxylation is 1. The molecule has 1 aromatic heterocycles. The summed E-state index contributed by atoms with van der Waals surface area (Å²) in [5.74, 6) is 0. The molecule has 1 fully saturated rings. The minimum absolute atomic E-state index is 0.0195. The number of nitrogens with one attached hydrogen (secondary N) is 1. The Kier molecular flexibility index (Phi) is 4.60. The van der Waals surface area contributed by atoms with Crippen LogP contribution < -0.4 is 5.56 Å². The highest BCUT2D eigenvalue weighted by Gasteiger charge is 2.23. The van der Waals surface area contributed by atoms with Crippen LogP contribution in [0.15, 0.2) is 29.1 Å². The molecule has 0 spiro atoms. The highest BCUT2D eigenvalue weighted by Crippen LogP contribution is 2.19. The number of hydrogen-bond donors (Lipinski definition) is 1. The van der Waals surface area contributed by atoms with Crippen LogP contribution >= 0.6 is 0 Å². The maximum atomic E-state index is 12.2. The normalized spacial score (nSPS) is 19.1. The number of fused-ring (bicyclic) bond motifs is 1. The van der Waals surface area contributed by atoms with Gasteiger partial charge in [0.2, 0.25) is 0 Å². The van der Waals surface area contributed by atoms with Crippen molar-refractivity contribution >= 4 is 10.8 Å². The van der Waals surface area contributed by atoms with Gasteiger partial charge in [0.1, 0.15) is 0 Å². The van der Waals surface area contributed by atoms with Crippen LogP contribution in [-0.4, -0.2) is 42.7 Å². The van der Waals surface area contributed by atoms with Gasteiger partial charge in [-0.25, -0.2) is 0 Å². The van der Waals surface area contributed by atoms with E-state index in [0.717, 1.165) is 48.1 Å². The van der Waals surface area contributed by atoms with Crippen molar-refractivity contribution in [3.8, 4) is 0 Å². The Bertz CT molecular complexity index is 708. The molecule has 4 nitrogen and oxygen atoms in total. The van der Waals surface area contributed by atoms with Crippen molar-refractivity contribution in [2.75, 3.05) is 26.8 Å². The molecule has 118 valence electrons. The van der Waals surface area contributed by atoms with E-state index in [9.17, 15) is 4.79 Å². The molecule has 1 aliphatic heterocycles. The molecule has 1 atom stereocenters. The number of methoxy groups -OCH3 is 1. The SMILES string of the molecule is COC[C@H]1CCCN1CCc1cc2c(C)cccc2c(=O)[nH]1. The lowest BCUT2D eigenvalue weighted by Gasteiger charge is -2.23. The summed E-state index contributed by atoms with van der Waals surface area (Å²) in [6.07, 6.45) is 3.32. The van der Waals surface area contributed by atoms with Gasteiger partial charge in [0.15, 0.2) is 0 Å². The zero-order chi connectivity index (χ0) is 15.5.